The van der Waals surface area contributed by atoms with Crippen LogP contribution in [0.3, 0.4) is 0 Å². The molecule has 0 heterocycles. The van der Waals surface area contributed by atoms with Crippen LogP contribution >= 0.6 is 0 Å². The van der Waals surface area contributed by atoms with Crippen molar-refractivity contribution in [1.29, 1.82) is 5.26 Å². The van der Waals surface area contributed by atoms with Crippen molar-refractivity contribution < 1.29 is 23.8 Å². The Morgan fingerprint density at radius 1 is 1.20 bits per heavy atom. The predicted octanol–water partition coefficient (Wildman–Crippen LogP) is 2.83. The molecule has 6 nitrogen and oxygen atoms in total. The van der Waals surface area contributed by atoms with Crippen LogP contribution in [0.15, 0.2) is 54.1 Å². The Bertz CT molecular complexity index is 854. The first-order chi connectivity index (χ1) is 12.0. The summed E-state index contributed by atoms with van der Waals surface area (Å²) in [6.45, 7) is -0.547. The quantitative estimate of drug-likeness (QED) is 0.622. The number of para-hydroxylation sites is 1. The summed E-state index contributed by atoms with van der Waals surface area (Å²) < 4.78 is 18.0. The lowest BCUT2D eigenvalue weighted by atomic mass is 10.1. The molecule has 0 saturated carbocycles. The van der Waals surface area contributed by atoms with Gasteiger partial charge in [-0.1, -0.05) is 18.2 Å². The van der Waals surface area contributed by atoms with E-state index in [0.29, 0.717) is 11.3 Å². The zero-order chi connectivity index (χ0) is 18.2. The zero-order valence-corrected chi connectivity index (χ0v) is 12.9. The molecule has 2 rings (SSSR count). The second-order valence-electron chi connectivity index (χ2n) is 4.85. The van der Waals surface area contributed by atoms with E-state index in [1.54, 1.807) is 24.3 Å². The van der Waals surface area contributed by atoms with E-state index < -0.39 is 24.3 Å². The number of halogens is 1. The molecule has 0 saturated heterocycles. The number of carbonyl (C=O) groups is 2. The summed E-state index contributed by atoms with van der Waals surface area (Å²) in [4.78, 5) is 22.8. The topological polar surface area (TPSA) is 99.4 Å². The molecule has 0 radical (unpaired) electrons. The van der Waals surface area contributed by atoms with E-state index in [0.717, 1.165) is 0 Å². The maximum absolute atomic E-state index is 12.9. The van der Waals surface area contributed by atoms with Gasteiger partial charge < -0.3 is 15.2 Å². The van der Waals surface area contributed by atoms with E-state index >= 15 is 0 Å². The molecule has 2 aromatic carbocycles. The van der Waals surface area contributed by atoms with E-state index in [-0.39, 0.29) is 11.3 Å². The molecule has 0 aliphatic rings. The smallest absolute Gasteiger partial charge is 0.341 e. The number of hydrogen-bond acceptors (Lipinski definition) is 4. The molecular weight excluding hydrogens is 327 g/mol. The van der Waals surface area contributed by atoms with Gasteiger partial charge in [0.1, 0.15) is 23.2 Å². The van der Waals surface area contributed by atoms with Crippen LogP contribution in [0, 0.1) is 17.1 Å². The van der Waals surface area contributed by atoms with Gasteiger partial charge in [0, 0.05) is 11.3 Å². The normalized spacial score (nSPS) is 10.6. The Labute approximate surface area is 142 Å². The van der Waals surface area contributed by atoms with E-state index in [1.165, 1.54) is 36.4 Å². The van der Waals surface area contributed by atoms with E-state index in [2.05, 4.69) is 5.32 Å². The number of benzene rings is 2. The van der Waals surface area contributed by atoms with Crippen molar-refractivity contribution in [3.8, 4) is 11.8 Å². The van der Waals surface area contributed by atoms with Gasteiger partial charge in [-0.05, 0) is 36.4 Å². The highest BCUT2D eigenvalue weighted by Gasteiger charge is 2.12. The highest BCUT2D eigenvalue weighted by Crippen LogP contribution is 2.21. The van der Waals surface area contributed by atoms with E-state index in [1.807, 2.05) is 0 Å². The third kappa shape index (κ3) is 5.18. The van der Waals surface area contributed by atoms with Gasteiger partial charge in [-0.15, -0.1) is 0 Å². The lowest BCUT2D eigenvalue weighted by Crippen LogP contribution is -2.13. The van der Waals surface area contributed by atoms with Gasteiger partial charge in [0.2, 0.25) is 0 Å². The molecule has 0 unspecified atom stereocenters. The number of nitrogens with zero attached hydrogens (tertiary/aromatic N) is 1. The molecule has 126 valence electrons. The maximum Gasteiger partial charge on any atom is 0.341 e. The van der Waals surface area contributed by atoms with Crippen LogP contribution in [0.1, 0.15) is 5.56 Å². The van der Waals surface area contributed by atoms with Gasteiger partial charge in [0.15, 0.2) is 6.61 Å². The van der Waals surface area contributed by atoms with Crippen LogP contribution in [-0.4, -0.2) is 23.6 Å². The van der Waals surface area contributed by atoms with Gasteiger partial charge in [0.25, 0.3) is 5.91 Å². The Balaban J connectivity index is 2.22. The van der Waals surface area contributed by atoms with Crippen LogP contribution in [0.5, 0.6) is 5.75 Å². The van der Waals surface area contributed by atoms with Crippen molar-refractivity contribution in [3.05, 3.63) is 65.5 Å². The number of carbonyl (C=O) groups excluding carboxylic acids is 1. The number of nitriles is 1. The standard InChI is InChI=1S/C18H13FN2O4/c19-14-5-7-15(8-6-14)21-18(24)13(10-20)9-12-3-1-2-4-16(12)25-11-17(22)23/h1-9H,11H2,(H,21,24)(H,22,23)/b13-9-. The minimum absolute atomic E-state index is 0.212. The summed E-state index contributed by atoms with van der Waals surface area (Å²) in [5, 5.41) is 20.4. The van der Waals surface area contributed by atoms with Crippen LogP contribution < -0.4 is 10.1 Å². The Morgan fingerprint density at radius 3 is 2.52 bits per heavy atom. The van der Waals surface area contributed by atoms with Crippen LogP contribution in [0.25, 0.3) is 6.08 Å². The predicted molar refractivity (Wildman–Crippen MR) is 88.2 cm³/mol. The molecule has 0 spiro atoms. The highest BCUT2D eigenvalue weighted by molar-refractivity contribution is 6.09. The van der Waals surface area contributed by atoms with Gasteiger partial charge in [-0.2, -0.15) is 5.26 Å². The SMILES string of the molecule is N#C/C(=C/c1ccccc1OCC(=O)O)C(=O)Nc1ccc(F)cc1. The molecule has 0 fully saturated rings. The van der Waals surface area contributed by atoms with Crippen LogP contribution in [0.2, 0.25) is 0 Å². The summed E-state index contributed by atoms with van der Waals surface area (Å²) in [6, 6.07) is 13.3. The first kappa shape index (κ1) is 17.7. The summed E-state index contributed by atoms with van der Waals surface area (Å²) in [6.07, 6.45) is 1.29. The average molecular weight is 340 g/mol. The molecule has 2 N–H and O–H groups in total. The number of ether oxygens (including phenoxy) is 1. The molecule has 7 heteroatoms. The number of carboxylic acids is 1. The average Bonchev–Trinajstić information content (AvgIpc) is 2.60. The van der Waals surface area contributed by atoms with Crippen molar-refractivity contribution in [2.75, 3.05) is 11.9 Å². The second-order valence-corrected chi connectivity index (χ2v) is 4.85. The summed E-state index contributed by atoms with van der Waals surface area (Å²) in [5.74, 6) is -2.04. The number of rotatable bonds is 6. The molecule has 0 atom stereocenters. The molecule has 0 bridgehead atoms. The van der Waals surface area contributed by atoms with Crippen molar-refractivity contribution >= 4 is 23.6 Å². The number of aliphatic carboxylic acids is 1. The minimum Gasteiger partial charge on any atom is -0.481 e. The molecular formula is C18H13FN2O4. The number of anilines is 1. The fourth-order valence-corrected chi connectivity index (χ4v) is 1.91. The molecule has 0 aliphatic heterocycles. The fourth-order valence-electron chi connectivity index (χ4n) is 1.91. The van der Waals surface area contributed by atoms with Gasteiger partial charge in [-0.25, -0.2) is 9.18 Å². The Morgan fingerprint density at radius 2 is 1.88 bits per heavy atom. The largest absolute Gasteiger partial charge is 0.481 e. The van der Waals surface area contributed by atoms with Crippen molar-refractivity contribution in [2.24, 2.45) is 0 Å². The first-order valence-corrected chi connectivity index (χ1v) is 7.12. The number of nitrogens with one attached hydrogen (secondary N) is 1. The maximum atomic E-state index is 12.9. The first-order valence-electron chi connectivity index (χ1n) is 7.12. The van der Waals surface area contributed by atoms with Gasteiger partial charge >= 0.3 is 5.97 Å². The third-order valence-corrected chi connectivity index (χ3v) is 3.04. The van der Waals surface area contributed by atoms with E-state index in [9.17, 15) is 19.2 Å². The molecule has 0 aromatic heterocycles. The van der Waals surface area contributed by atoms with Crippen LogP contribution in [0.4, 0.5) is 10.1 Å². The van der Waals surface area contributed by atoms with Crippen molar-refractivity contribution in [3.63, 3.8) is 0 Å². The van der Waals surface area contributed by atoms with Gasteiger partial charge in [-0.3, -0.25) is 4.79 Å². The van der Waals surface area contributed by atoms with Crippen molar-refractivity contribution in [1.82, 2.24) is 0 Å². The zero-order valence-electron chi connectivity index (χ0n) is 12.9. The molecule has 25 heavy (non-hydrogen) atoms. The third-order valence-electron chi connectivity index (χ3n) is 3.04. The van der Waals surface area contributed by atoms with Crippen LogP contribution in [-0.2, 0) is 9.59 Å². The lowest BCUT2D eigenvalue weighted by molar-refractivity contribution is -0.139. The molecule has 1 amide bonds. The Hall–Kier alpha value is -3.66. The fraction of sp³-hybridized carbons (Fsp3) is 0.0556. The second kappa shape index (κ2) is 8.26. The summed E-state index contributed by atoms with van der Waals surface area (Å²) in [7, 11) is 0. The lowest BCUT2D eigenvalue weighted by Gasteiger charge is -2.08. The monoisotopic (exact) mass is 340 g/mol. The van der Waals surface area contributed by atoms with Crippen molar-refractivity contribution in [2.45, 2.75) is 0 Å². The Kier molecular flexibility index (Phi) is 5.85. The molecule has 2 aromatic rings. The number of carboxylic acid groups (broad SMARTS) is 1. The highest BCUT2D eigenvalue weighted by atomic mass is 19.1. The van der Waals surface area contributed by atoms with E-state index in [4.69, 9.17) is 9.84 Å². The van der Waals surface area contributed by atoms with Gasteiger partial charge in [0.05, 0.1) is 0 Å². The molecule has 0 aliphatic carbocycles. The summed E-state index contributed by atoms with van der Waals surface area (Å²) >= 11 is 0. The number of amides is 1. The summed E-state index contributed by atoms with van der Waals surface area (Å²) in [5.41, 5.74) is 0.508. The number of hydrogen-bond donors (Lipinski definition) is 2. The minimum atomic E-state index is -1.15.